The number of benzene rings is 2. The molecule has 2 fully saturated rings. The maximum absolute atomic E-state index is 9.11. The quantitative estimate of drug-likeness (QED) is 0.466. The van der Waals surface area contributed by atoms with Gasteiger partial charge in [-0.3, -0.25) is 4.90 Å². The van der Waals surface area contributed by atoms with Gasteiger partial charge in [0.25, 0.3) is 8.32 Å². The predicted octanol–water partition coefficient (Wildman–Crippen LogP) is 3.57. The summed E-state index contributed by atoms with van der Waals surface area (Å²) < 4.78 is 13.5. The molecule has 1 N–H and O–H groups in total. The van der Waals surface area contributed by atoms with E-state index in [1.54, 1.807) is 0 Å². The van der Waals surface area contributed by atoms with E-state index in [1.165, 1.54) is 23.2 Å². The van der Waals surface area contributed by atoms with Gasteiger partial charge in [-0.05, 0) is 47.6 Å². The van der Waals surface area contributed by atoms with E-state index >= 15 is 0 Å². The lowest BCUT2D eigenvalue weighted by Gasteiger charge is -2.45. The third-order valence-electron chi connectivity index (χ3n) is 7.40. The molecule has 2 saturated heterocycles. The summed E-state index contributed by atoms with van der Waals surface area (Å²) in [6, 6.07) is 21.9. The molecule has 0 aromatic heterocycles. The van der Waals surface area contributed by atoms with Crippen LogP contribution in [0.15, 0.2) is 60.7 Å². The van der Waals surface area contributed by atoms with Crippen molar-refractivity contribution in [3.8, 4) is 0 Å². The number of rotatable bonds is 9. The Hall–Kier alpha value is -1.50. The molecule has 0 aliphatic carbocycles. The average Bonchev–Trinajstić information content (AvgIpc) is 3.32. The zero-order valence-electron chi connectivity index (χ0n) is 19.9. The van der Waals surface area contributed by atoms with Crippen molar-refractivity contribution in [2.45, 2.75) is 63.1 Å². The molecule has 0 spiro atoms. The van der Waals surface area contributed by atoms with E-state index in [-0.39, 0.29) is 23.3 Å². The van der Waals surface area contributed by atoms with Crippen molar-refractivity contribution < 1.29 is 14.3 Å². The maximum atomic E-state index is 9.11. The minimum atomic E-state index is -2.54. The van der Waals surface area contributed by atoms with Gasteiger partial charge in [0.1, 0.15) is 0 Å². The molecule has 0 amide bonds. The molecule has 174 valence electrons. The maximum Gasteiger partial charge on any atom is 0.261 e. The van der Waals surface area contributed by atoms with E-state index < -0.39 is 8.32 Å². The first kappa shape index (κ1) is 23.6. The third kappa shape index (κ3) is 4.46. The summed E-state index contributed by atoms with van der Waals surface area (Å²) in [5.41, 5.74) is 0.0664. The van der Waals surface area contributed by atoms with Crippen molar-refractivity contribution in [3.05, 3.63) is 60.7 Å². The summed E-state index contributed by atoms with van der Waals surface area (Å²) in [5, 5.41) is 11.8. The van der Waals surface area contributed by atoms with Gasteiger partial charge in [0.15, 0.2) is 0 Å². The summed E-state index contributed by atoms with van der Waals surface area (Å²) in [5.74, 6) is 0. The summed E-state index contributed by atoms with van der Waals surface area (Å²) in [6.45, 7) is 10.7. The highest BCUT2D eigenvalue weighted by Crippen LogP contribution is 2.43. The highest BCUT2D eigenvalue weighted by Gasteiger charge is 2.54. The Labute approximate surface area is 194 Å². The molecule has 0 saturated carbocycles. The van der Waals surface area contributed by atoms with Crippen LogP contribution in [0.25, 0.3) is 0 Å². The van der Waals surface area contributed by atoms with Crippen LogP contribution in [-0.4, -0.2) is 62.9 Å². The number of hydrogen-bond donors (Lipinski definition) is 1. The average molecular weight is 454 g/mol. The number of nitrogens with zero attached hydrogens (tertiary/aromatic N) is 1. The van der Waals surface area contributed by atoms with Gasteiger partial charge in [-0.2, -0.15) is 0 Å². The monoisotopic (exact) mass is 453 g/mol. The Balaban J connectivity index is 1.65. The van der Waals surface area contributed by atoms with E-state index in [4.69, 9.17) is 14.3 Å². The van der Waals surface area contributed by atoms with E-state index in [2.05, 4.69) is 86.3 Å². The fourth-order valence-corrected chi connectivity index (χ4v) is 10.5. The van der Waals surface area contributed by atoms with Crippen LogP contribution in [-0.2, 0) is 9.16 Å². The SMILES string of the molecule is CC(C)(C)[Si](OC[C@]12CCCN1C[C@H](OCCCO)C2)(c1ccccc1)c1ccccc1. The molecule has 2 aromatic carbocycles. The van der Waals surface area contributed by atoms with Crippen molar-refractivity contribution in [2.75, 3.05) is 32.9 Å². The van der Waals surface area contributed by atoms with Crippen molar-refractivity contribution in [2.24, 2.45) is 0 Å². The molecule has 2 atom stereocenters. The van der Waals surface area contributed by atoms with E-state index in [0.717, 1.165) is 26.1 Å². The van der Waals surface area contributed by atoms with Gasteiger partial charge in [-0.15, -0.1) is 0 Å². The van der Waals surface area contributed by atoms with Crippen LogP contribution in [0.4, 0.5) is 0 Å². The molecule has 2 aliphatic heterocycles. The lowest BCUT2D eigenvalue weighted by atomic mass is 9.94. The third-order valence-corrected chi connectivity index (χ3v) is 12.4. The molecule has 0 radical (unpaired) electrons. The van der Waals surface area contributed by atoms with Gasteiger partial charge in [0, 0.05) is 25.3 Å². The van der Waals surface area contributed by atoms with Gasteiger partial charge in [0.05, 0.1) is 12.7 Å². The van der Waals surface area contributed by atoms with Crippen LogP contribution in [0.1, 0.15) is 46.5 Å². The first-order chi connectivity index (χ1) is 15.4. The standard InChI is InChI=1S/C27H39NO3Si/c1-26(2,3)32(24-12-6-4-7-13-24,25-14-8-5-9-15-25)31-22-27-16-10-17-28(27)21-23(20-27)30-19-11-18-29/h4-9,12-15,23,29H,10-11,16-22H2,1-3H3/t23-,27-/m1/s1. The predicted molar refractivity (Wildman–Crippen MR) is 133 cm³/mol. The molecule has 0 bridgehead atoms. The number of aliphatic hydroxyl groups excluding tert-OH is 1. The molecule has 5 heteroatoms. The van der Waals surface area contributed by atoms with Crippen molar-refractivity contribution in [3.63, 3.8) is 0 Å². The molecule has 2 heterocycles. The van der Waals surface area contributed by atoms with Crippen LogP contribution in [0.3, 0.4) is 0 Å². The second kappa shape index (κ2) is 9.78. The number of hydrogen-bond acceptors (Lipinski definition) is 4. The molecule has 0 unspecified atom stereocenters. The molecule has 4 rings (SSSR count). The molecule has 2 aromatic rings. The largest absolute Gasteiger partial charge is 0.406 e. The van der Waals surface area contributed by atoms with Crippen molar-refractivity contribution in [1.82, 2.24) is 4.90 Å². The van der Waals surface area contributed by atoms with Crippen LogP contribution >= 0.6 is 0 Å². The highest BCUT2D eigenvalue weighted by molar-refractivity contribution is 6.99. The van der Waals surface area contributed by atoms with E-state index in [1.807, 2.05) is 0 Å². The Morgan fingerprint density at radius 3 is 2.22 bits per heavy atom. The first-order valence-electron chi connectivity index (χ1n) is 12.1. The molecular formula is C27H39NO3Si. The summed E-state index contributed by atoms with van der Waals surface area (Å²) in [6.07, 6.45) is 4.38. The van der Waals surface area contributed by atoms with Gasteiger partial charge < -0.3 is 14.3 Å². The fourth-order valence-electron chi connectivity index (χ4n) is 5.90. The van der Waals surface area contributed by atoms with Gasteiger partial charge in [-0.25, -0.2) is 0 Å². The second-order valence-electron chi connectivity index (χ2n) is 10.5. The Bertz CT molecular complexity index is 815. The minimum absolute atomic E-state index is 0.00852. The number of aliphatic hydroxyl groups is 1. The summed E-state index contributed by atoms with van der Waals surface area (Å²) >= 11 is 0. The number of ether oxygens (including phenoxy) is 1. The van der Waals surface area contributed by atoms with Crippen LogP contribution in [0.5, 0.6) is 0 Å². The summed E-state index contributed by atoms with van der Waals surface area (Å²) in [4.78, 5) is 2.62. The molecule has 32 heavy (non-hydrogen) atoms. The number of fused-ring (bicyclic) bond motifs is 1. The highest BCUT2D eigenvalue weighted by atomic mass is 28.4. The first-order valence-corrected chi connectivity index (χ1v) is 14.0. The fraction of sp³-hybridized carbons (Fsp3) is 0.556. The zero-order chi connectivity index (χ0) is 22.7. The molecule has 2 aliphatic rings. The Morgan fingerprint density at radius 2 is 1.66 bits per heavy atom. The van der Waals surface area contributed by atoms with Crippen LogP contribution in [0, 0.1) is 0 Å². The van der Waals surface area contributed by atoms with Gasteiger partial charge in [-0.1, -0.05) is 81.4 Å². The minimum Gasteiger partial charge on any atom is -0.406 e. The Morgan fingerprint density at radius 1 is 1.03 bits per heavy atom. The molecule has 4 nitrogen and oxygen atoms in total. The van der Waals surface area contributed by atoms with Crippen LogP contribution < -0.4 is 10.4 Å². The zero-order valence-corrected chi connectivity index (χ0v) is 20.9. The van der Waals surface area contributed by atoms with E-state index in [9.17, 15) is 0 Å². The summed E-state index contributed by atoms with van der Waals surface area (Å²) in [7, 11) is -2.54. The second-order valence-corrected chi connectivity index (χ2v) is 14.8. The normalized spacial score (nSPS) is 24.1. The van der Waals surface area contributed by atoms with Crippen molar-refractivity contribution in [1.29, 1.82) is 0 Å². The topological polar surface area (TPSA) is 41.9 Å². The van der Waals surface area contributed by atoms with Crippen LogP contribution in [0.2, 0.25) is 5.04 Å². The lowest BCUT2D eigenvalue weighted by molar-refractivity contribution is 0.0472. The smallest absolute Gasteiger partial charge is 0.261 e. The van der Waals surface area contributed by atoms with Gasteiger partial charge in [0.2, 0.25) is 0 Å². The van der Waals surface area contributed by atoms with Crippen molar-refractivity contribution >= 4 is 18.7 Å². The van der Waals surface area contributed by atoms with Gasteiger partial charge >= 0.3 is 0 Å². The lowest BCUT2D eigenvalue weighted by Crippen LogP contribution is -2.68. The van der Waals surface area contributed by atoms with E-state index in [0.29, 0.717) is 13.0 Å². The molecular weight excluding hydrogens is 414 g/mol. The Kier molecular flexibility index (Phi) is 7.23.